The van der Waals surface area contributed by atoms with E-state index in [0.717, 1.165) is 51.0 Å². The topological polar surface area (TPSA) is 77.0 Å². The number of benzene rings is 1. The first-order chi connectivity index (χ1) is 12.7. The summed E-state index contributed by atoms with van der Waals surface area (Å²) in [4.78, 5) is 18.9. The zero-order chi connectivity index (χ0) is 18.8. The third kappa shape index (κ3) is 7.29. The molecule has 1 heterocycles. The van der Waals surface area contributed by atoms with E-state index in [2.05, 4.69) is 28.6 Å². The average molecular weight is 488 g/mol. The monoisotopic (exact) mass is 488 g/mol. The lowest BCUT2D eigenvalue weighted by Gasteiger charge is -2.19. The summed E-state index contributed by atoms with van der Waals surface area (Å²) in [6.07, 6.45) is 3.84. The van der Waals surface area contributed by atoms with Crippen LogP contribution in [0.5, 0.6) is 0 Å². The molecule has 1 amide bonds. The van der Waals surface area contributed by atoms with Gasteiger partial charge in [-0.1, -0.05) is 31.5 Å². The number of anilines is 1. The summed E-state index contributed by atoms with van der Waals surface area (Å²) in [5.74, 6) is 1.09. The molecule has 0 aromatic heterocycles. The second-order valence-electron chi connectivity index (χ2n) is 6.67. The van der Waals surface area contributed by atoms with Crippen LogP contribution in [-0.2, 0) is 11.2 Å². The van der Waals surface area contributed by atoms with Crippen LogP contribution in [0.3, 0.4) is 0 Å². The molecule has 0 bridgehead atoms. The molecular weight excluding hydrogens is 455 g/mol. The molecule has 1 unspecified atom stereocenters. The molecule has 1 aromatic rings. The minimum absolute atomic E-state index is 0. The van der Waals surface area contributed by atoms with Gasteiger partial charge in [0, 0.05) is 31.9 Å². The van der Waals surface area contributed by atoms with Crippen LogP contribution in [0.15, 0.2) is 29.3 Å². The van der Waals surface area contributed by atoms with Gasteiger partial charge in [0.2, 0.25) is 5.91 Å². The molecule has 0 aliphatic carbocycles. The number of para-hydroxylation sites is 1. The van der Waals surface area contributed by atoms with Gasteiger partial charge in [0.25, 0.3) is 0 Å². The normalized spacial score (nSPS) is 14.3. The van der Waals surface area contributed by atoms with Gasteiger partial charge in [0.15, 0.2) is 5.96 Å². The van der Waals surface area contributed by atoms with Gasteiger partial charge in [-0.05, 0) is 43.7 Å². The number of halogens is 1. The number of hydrogen-bond acceptors (Lipinski definition) is 3. The Hall–Kier alpha value is -1.35. The van der Waals surface area contributed by atoms with Crippen LogP contribution in [0.4, 0.5) is 5.69 Å². The quantitative estimate of drug-likeness (QED) is 0.284. The zero-order valence-electron chi connectivity index (χ0n) is 16.4. The molecule has 7 heteroatoms. The maximum absolute atomic E-state index is 12.6. The van der Waals surface area contributed by atoms with Crippen molar-refractivity contribution < 1.29 is 9.90 Å². The summed E-state index contributed by atoms with van der Waals surface area (Å²) in [6.45, 7) is 6.71. The average Bonchev–Trinajstić information content (AvgIpc) is 3.08. The van der Waals surface area contributed by atoms with E-state index in [1.165, 1.54) is 5.56 Å². The molecule has 0 radical (unpaired) electrons. The molecule has 152 valence electrons. The molecule has 27 heavy (non-hydrogen) atoms. The molecule has 6 nitrogen and oxygen atoms in total. The van der Waals surface area contributed by atoms with Crippen molar-refractivity contribution >= 4 is 41.5 Å². The minimum atomic E-state index is 0. The smallest absolute Gasteiger partial charge is 0.248 e. The number of carbonyl (C=O) groups excluding carboxylic acids is 1. The maximum Gasteiger partial charge on any atom is 0.248 e. The van der Waals surface area contributed by atoms with E-state index in [0.29, 0.717) is 11.9 Å². The first kappa shape index (κ1) is 23.7. The van der Waals surface area contributed by atoms with Crippen molar-refractivity contribution in [1.82, 2.24) is 10.6 Å². The number of aliphatic hydroxyl groups excluding tert-OH is 1. The number of nitrogens with zero attached hydrogens (tertiary/aromatic N) is 2. The van der Waals surface area contributed by atoms with Gasteiger partial charge in [0.1, 0.15) is 6.54 Å². The van der Waals surface area contributed by atoms with Crippen LogP contribution >= 0.6 is 24.0 Å². The van der Waals surface area contributed by atoms with E-state index in [-0.39, 0.29) is 43.0 Å². The lowest BCUT2D eigenvalue weighted by atomic mass is 10.0. The predicted octanol–water partition coefficient (Wildman–Crippen LogP) is 2.55. The minimum Gasteiger partial charge on any atom is -0.396 e. The van der Waals surface area contributed by atoms with E-state index in [1.807, 2.05) is 30.0 Å². The fourth-order valence-corrected chi connectivity index (χ4v) is 3.35. The Bertz CT molecular complexity index is 603. The molecule has 1 atom stereocenters. The maximum atomic E-state index is 12.6. The number of guanidine groups is 1. The van der Waals surface area contributed by atoms with Crippen LogP contribution in [-0.4, -0.2) is 49.8 Å². The largest absolute Gasteiger partial charge is 0.396 e. The molecule has 2 rings (SSSR count). The van der Waals surface area contributed by atoms with Crippen LogP contribution in [0.1, 0.15) is 38.7 Å². The van der Waals surface area contributed by atoms with Crippen molar-refractivity contribution in [1.29, 1.82) is 0 Å². The fraction of sp³-hybridized carbons (Fsp3) is 0.600. The number of fused-ring (bicyclic) bond motifs is 1. The Balaban J connectivity index is 0.00000364. The summed E-state index contributed by atoms with van der Waals surface area (Å²) in [5, 5.41) is 15.7. The van der Waals surface area contributed by atoms with Gasteiger partial charge in [-0.15, -0.1) is 24.0 Å². The van der Waals surface area contributed by atoms with Crippen LogP contribution in [0, 0.1) is 5.92 Å². The second-order valence-corrected chi connectivity index (χ2v) is 6.67. The van der Waals surface area contributed by atoms with Crippen molar-refractivity contribution in [2.75, 3.05) is 37.7 Å². The van der Waals surface area contributed by atoms with Crippen LogP contribution in [0.2, 0.25) is 0 Å². The molecule has 0 spiro atoms. The van der Waals surface area contributed by atoms with E-state index < -0.39 is 0 Å². The predicted molar refractivity (Wildman–Crippen MR) is 122 cm³/mol. The third-order valence-corrected chi connectivity index (χ3v) is 4.70. The number of nitrogens with one attached hydrogen (secondary N) is 2. The SMILES string of the molecule is CCCC(CCO)CNC(=NCC(=O)N1CCc2ccccc21)NCC.I. The first-order valence-electron chi connectivity index (χ1n) is 9.70. The van der Waals surface area contributed by atoms with Gasteiger partial charge in [-0.3, -0.25) is 4.79 Å². The number of carbonyl (C=O) groups is 1. The number of hydrogen-bond donors (Lipinski definition) is 3. The second kappa shape index (κ2) is 12.9. The number of aliphatic hydroxyl groups is 1. The Kier molecular flexibility index (Phi) is 11.3. The number of aliphatic imine (C=N–C) groups is 1. The van der Waals surface area contributed by atoms with Gasteiger partial charge in [-0.25, -0.2) is 4.99 Å². The highest BCUT2D eigenvalue weighted by Crippen LogP contribution is 2.27. The molecule has 3 N–H and O–H groups in total. The number of rotatable bonds is 9. The molecule has 1 aliphatic heterocycles. The van der Waals surface area contributed by atoms with E-state index >= 15 is 0 Å². The molecular formula is C20H33IN4O2. The van der Waals surface area contributed by atoms with Crippen molar-refractivity contribution in [3.8, 4) is 0 Å². The Morgan fingerprint density at radius 1 is 1.26 bits per heavy atom. The lowest BCUT2D eigenvalue weighted by molar-refractivity contribution is -0.117. The number of amides is 1. The third-order valence-electron chi connectivity index (χ3n) is 4.70. The van der Waals surface area contributed by atoms with Crippen LogP contribution in [0.25, 0.3) is 0 Å². The Morgan fingerprint density at radius 2 is 2.04 bits per heavy atom. The summed E-state index contributed by atoms with van der Waals surface area (Å²) in [6, 6.07) is 8.05. The zero-order valence-corrected chi connectivity index (χ0v) is 18.7. The summed E-state index contributed by atoms with van der Waals surface area (Å²) in [7, 11) is 0. The summed E-state index contributed by atoms with van der Waals surface area (Å²) in [5.41, 5.74) is 2.23. The molecule has 1 aliphatic rings. The highest BCUT2D eigenvalue weighted by Gasteiger charge is 2.23. The summed E-state index contributed by atoms with van der Waals surface area (Å²) >= 11 is 0. The van der Waals surface area contributed by atoms with E-state index in [1.54, 1.807) is 0 Å². The molecule has 0 fully saturated rings. The van der Waals surface area contributed by atoms with E-state index in [4.69, 9.17) is 0 Å². The van der Waals surface area contributed by atoms with Crippen molar-refractivity contribution in [2.45, 2.75) is 39.5 Å². The molecule has 0 saturated heterocycles. The van der Waals surface area contributed by atoms with Gasteiger partial charge >= 0.3 is 0 Å². The van der Waals surface area contributed by atoms with Crippen molar-refractivity contribution in [3.05, 3.63) is 29.8 Å². The fourth-order valence-electron chi connectivity index (χ4n) is 3.35. The highest BCUT2D eigenvalue weighted by molar-refractivity contribution is 14.0. The lowest BCUT2D eigenvalue weighted by Crippen LogP contribution is -2.41. The molecule has 0 saturated carbocycles. The van der Waals surface area contributed by atoms with Gasteiger partial charge in [-0.2, -0.15) is 0 Å². The summed E-state index contributed by atoms with van der Waals surface area (Å²) < 4.78 is 0. The Morgan fingerprint density at radius 3 is 2.74 bits per heavy atom. The highest BCUT2D eigenvalue weighted by atomic mass is 127. The van der Waals surface area contributed by atoms with Crippen LogP contribution < -0.4 is 15.5 Å². The van der Waals surface area contributed by atoms with E-state index in [9.17, 15) is 9.90 Å². The van der Waals surface area contributed by atoms with Crippen molar-refractivity contribution in [2.24, 2.45) is 10.9 Å². The molecule has 1 aromatic carbocycles. The first-order valence-corrected chi connectivity index (χ1v) is 9.70. The van der Waals surface area contributed by atoms with Crippen molar-refractivity contribution in [3.63, 3.8) is 0 Å². The van der Waals surface area contributed by atoms with Gasteiger partial charge in [0.05, 0.1) is 0 Å². The Labute approximate surface area is 179 Å². The van der Waals surface area contributed by atoms with Gasteiger partial charge < -0.3 is 20.6 Å². The standard InChI is InChI=1S/C20H32N4O2.HI/c1-3-7-16(11-13-25)14-22-20(21-4-2)23-15-19(26)24-12-10-17-8-5-6-9-18(17)24;/h5-6,8-9,16,25H,3-4,7,10-15H2,1-2H3,(H2,21,22,23);1H.